The van der Waals surface area contributed by atoms with Crippen LogP contribution in [-0.2, 0) is 9.84 Å². The monoisotopic (exact) mass is 275 g/mol. The highest BCUT2D eigenvalue weighted by atomic mass is 32.2. The molecule has 2 N–H and O–H groups in total. The van der Waals surface area contributed by atoms with Crippen LogP contribution in [0.25, 0.3) is 4.96 Å². The summed E-state index contributed by atoms with van der Waals surface area (Å²) < 4.78 is 23.7. The molecule has 9 heteroatoms. The first-order chi connectivity index (χ1) is 7.87. The lowest BCUT2D eigenvalue weighted by Gasteiger charge is -2.05. The Bertz CT molecular complexity index is 629. The van der Waals surface area contributed by atoms with Gasteiger partial charge in [-0.15, -0.1) is 10.2 Å². The molecule has 2 heterocycles. The zero-order chi connectivity index (χ0) is 12.6. The molecule has 1 atom stereocenters. The Labute approximate surface area is 103 Å². The van der Waals surface area contributed by atoms with Crippen molar-refractivity contribution in [3.05, 3.63) is 10.8 Å². The fourth-order valence-electron chi connectivity index (χ4n) is 1.34. The number of rotatable bonds is 4. The van der Waals surface area contributed by atoms with E-state index in [1.165, 1.54) is 17.6 Å². The molecule has 2 aromatic heterocycles. The second-order valence-electron chi connectivity index (χ2n) is 3.91. The summed E-state index contributed by atoms with van der Waals surface area (Å²) in [6.45, 7) is 1.80. The molecule has 7 nitrogen and oxygen atoms in total. The average Bonchev–Trinajstić information content (AvgIpc) is 2.77. The third kappa shape index (κ3) is 2.79. The molecule has 0 aliphatic carbocycles. The van der Waals surface area contributed by atoms with Crippen LogP contribution in [0.5, 0.6) is 0 Å². The minimum absolute atomic E-state index is 0.0628. The number of nitrogens with two attached hydrogens (primary N) is 1. The van der Waals surface area contributed by atoms with Gasteiger partial charge in [-0.1, -0.05) is 11.3 Å². The number of fused-ring (bicyclic) bond motifs is 1. The van der Waals surface area contributed by atoms with Crippen LogP contribution in [0.3, 0.4) is 0 Å². The summed E-state index contributed by atoms with van der Waals surface area (Å²) in [5, 5.41) is 12.7. The Balaban J connectivity index is 2.16. The van der Waals surface area contributed by atoms with Crippen molar-refractivity contribution in [2.75, 3.05) is 12.0 Å². The third-order valence-corrected chi connectivity index (χ3v) is 4.29. The fraction of sp³-hybridized carbons (Fsp3) is 0.625. The SMILES string of the molecule is Cc1nnc2sc(C(N)CCS(C)(=O)=O)nn12. The van der Waals surface area contributed by atoms with Crippen LogP contribution in [-0.4, -0.2) is 40.2 Å². The van der Waals surface area contributed by atoms with Gasteiger partial charge < -0.3 is 5.73 Å². The maximum absolute atomic E-state index is 11.0. The minimum Gasteiger partial charge on any atom is -0.322 e. The predicted molar refractivity (Wildman–Crippen MR) is 64.7 cm³/mol. The number of hydrogen-bond donors (Lipinski definition) is 1. The first-order valence-electron chi connectivity index (χ1n) is 4.99. The van der Waals surface area contributed by atoms with Gasteiger partial charge in [-0.25, -0.2) is 8.42 Å². The topological polar surface area (TPSA) is 103 Å². The molecule has 0 fully saturated rings. The molecule has 0 amide bonds. The number of nitrogens with zero attached hydrogens (tertiary/aromatic N) is 4. The van der Waals surface area contributed by atoms with E-state index in [0.29, 0.717) is 22.2 Å². The Kier molecular flexibility index (Phi) is 3.15. The van der Waals surface area contributed by atoms with Crippen LogP contribution < -0.4 is 5.73 Å². The highest BCUT2D eigenvalue weighted by molar-refractivity contribution is 7.90. The molecule has 0 bridgehead atoms. The molecular formula is C8H13N5O2S2. The van der Waals surface area contributed by atoms with Crippen LogP contribution in [0, 0.1) is 6.92 Å². The van der Waals surface area contributed by atoms with Crippen molar-refractivity contribution >= 4 is 26.1 Å². The molecular weight excluding hydrogens is 262 g/mol. The van der Waals surface area contributed by atoms with Crippen molar-refractivity contribution in [2.24, 2.45) is 5.73 Å². The van der Waals surface area contributed by atoms with Gasteiger partial charge in [0.15, 0.2) is 5.82 Å². The Morgan fingerprint density at radius 3 is 2.76 bits per heavy atom. The van der Waals surface area contributed by atoms with E-state index in [-0.39, 0.29) is 11.8 Å². The maximum Gasteiger partial charge on any atom is 0.234 e. The quantitative estimate of drug-likeness (QED) is 0.837. The van der Waals surface area contributed by atoms with Gasteiger partial charge in [-0.05, 0) is 13.3 Å². The first kappa shape index (κ1) is 12.4. The van der Waals surface area contributed by atoms with Crippen molar-refractivity contribution in [2.45, 2.75) is 19.4 Å². The Morgan fingerprint density at radius 1 is 1.47 bits per heavy atom. The summed E-state index contributed by atoms with van der Waals surface area (Å²) in [6, 6.07) is -0.379. The molecule has 0 aliphatic heterocycles. The molecule has 0 aromatic carbocycles. The lowest BCUT2D eigenvalue weighted by molar-refractivity contribution is 0.590. The van der Waals surface area contributed by atoms with E-state index in [4.69, 9.17) is 5.73 Å². The van der Waals surface area contributed by atoms with E-state index in [1.54, 1.807) is 11.4 Å². The zero-order valence-electron chi connectivity index (χ0n) is 9.49. The van der Waals surface area contributed by atoms with Gasteiger partial charge >= 0.3 is 0 Å². The molecule has 0 saturated heterocycles. The summed E-state index contributed by atoms with van der Waals surface area (Å²) in [7, 11) is -2.99. The largest absolute Gasteiger partial charge is 0.322 e. The minimum atomic E-state index is -2.99. The molecule has 0 spiro atoms. The Hall–Kier alpha value is -1.06. The standard InChI is InChI=1S/C8H13N5O2S2/c1-5-10-11-8-13(5)12-7(16-8)6(9)3-4-17(2,14)15/h6H,3-4,9H2,1-2H3. The average molecular weight is 275 g/mol. The van der Waals surface area contributed by atoms with Gasteiger partial charge in [0.05, 0.1) is 11.8 Å². The summed E-state index contributed by atoms with van der Waals surface area (Å²) >= 11 is 1.34. The second-order valence-corrected chi connectivity index (χ2v) is 7.15. The molecule has 17 heavy (non-hydrogen) atoms. The molecule has 0 aliphatic rings. The van der Waals surface area contributed by atoms with Crippen LogP contribution >= 0.6 is 11.3 Å². The smallest absolute Gasteiger partial charge is 0.234 e. The van der Waals surface area contributed by atoms with E-state index in [9.17, 15) is 8.42 Å². The highest BCUT2D eigenvalue weighted by Crippen LogP contribution is 2.21. The predicted octanol–water partition coefficient (Wildman–Crippen LogP) is -0.0713. The number of hydrogen-bond acceptors (Lipinski definition) is 7. The third-order valence-electron chi connectivity index (χ3n) is 2.28. The molecule has 94 valence electrons. The zero-order valence-corrected chi connectivity index (χ0v) is 11.1. The van der Waals surface area contributed by atoms with E-state index in [1.807, 2.05) is 0 Å². The molecule has 1 unspecified atom stereocenters. The summed E-state index contributed by atoms with van der Waals surface area (Å²) in [4.78, 5) is 0.673. The van der Waals surface area contributed by atoms with Gasteiger partial charge in [-0.2, -0.15) is 9.61 Å². The fourth-order valence-corrected chi connectivity index (χ4v) is 2.95. The number of sulfone groups is 1. The first-order valence-corrected chi connectivity index (χ1v) is 7.86. The van der Waals surface area contributed by atoms with Gasteiger partial charge in [0.2, 0.25) is 4.96 Å². The molecule has 2 aromatic rings. The molecule has 0 saturated carbocycles. The lowest BCUT2D eigenvalue weighted by Crippen LogP contribution is -2.15. The van der Waals surface area contributed by atoms with E-state index in [0.717, 1.165) is 0 Å². The highest BCUT2D eigenvalue weighted by Gasteiger charge is 2.16. The molecule has 0 radical (unpaired) electrons. The lowest BCUT2D eigenvalue weighted by atomic mass is 10.2. The number of aryl methyl sites for hydroxylation is 1. The normalized spacial score (nSPS) is 14.3. The van der Waals surface area contributed by atoms with Crippen molar-refractivity contribution in [1.29, 1.82) is 0 Å². The van der Waals surface area contributed by atoms with Crippen molar-refractivity contribution in [1.82, 2.24) is 19.8 Å². The van der Waals surface area contributed by atoms with Crippen molar-refractivity contribution in [3.63, 3.8) is 0 Å². The van der Waals surface area contributed by atoms with E-state index < -0.39 is 9.84 Å². The van der Waals surface area contributed by atoms with Gasteiger partial charge in [0.1, 0.15) is 14.8 Å². The summed E-state index contributed by atoms with van der Waals surface area (Å²) in [6.07, 6.45) is 1.56. The van der Waals surface area contributed by atoms with Gasteiger partial charge in [-0.3, -0.25) is 0 Å². The van der Waals surface area contributed by atoms with E-state index in [2.05, 4.69) is 15.3 Å². The molecule has 2 rings (SSSR count). The van der Waals surface area contributed by atoms with Crippen molar-refractivity contribution in [3.8, 4) is 0 Å². The van der Waals surface area contributed by atoms with Crippen molar-refractivity contribution < 1.29 is 8.42 Å². The van der Waals surface area contributed by atoms with Crippen LogP contribution in [0.4, 0.5) is 0 Å². The van der Waals surface area contributed by atoms with Gasteiger partial charge in [0.25, 0.3) is 0 Å². The Morgan fingerprint density at radius 2 is 2.18 bits per heavy atom. The summed E-state index contributed by atoms with van der Waals surface area (Å²) in [5.41, 5.74) is 5.90. The van der Waals surface area contributed by atoms with Crippen LogP contribution in [0.2, 0.25) is 0 Å². The maximum atomic E-state index is 11.0. The van der Waals surface area contributed by atoms with Gasteiger partial charge in [0, 0.05) is 6.26 Å². The summed E-state index contributed by atoms with van der Waals surface area (Å²) in [5.74, 6) is 0.755. The van der Waals surface area contributed by atoms with Crippen LogP contribution in [0.15, 0.2) is 0 Å². The van der Waals surface area contributed by atoms with Crippen LogP contribution in [0.1, 0.15) is 23.3 Å². The number of aromatic nitrogens is 4. The van der Waals surface area contributed by atoms with E-state index >= 15 is 0 Å². The second kappa shape index (κ2) is 4.31.